The number of thiazole rings is 1. The maximum atomic E-state index is 4.92. The predicted octanol–water partition coefficient (Wildman–Crippen LogP) is 6.33. The molecule has 3 aromatic rings. The van der Waals surface area contributed by atoms with Crippen molar-refractivity contribution < 1.29 is 0 Å². The first-order valence-electron chi connectivity index (χ1n) is 7.90. The number of rotatable bonds is 3. The molecule has 2 heterocycles. The summed E-state index contributed by atoms with van der Waals surface area (Å²) in [6.07, 6.45) is 0.863. The van der Waals surface area contributed by atoms with Crippen LogP contribution in [-0.2, 0) is 0 Å². The number of aryl methyl sites for hydroxylation is 1. The Hall–Kier alpha value is -1.50. The Balaban J connectivity index is 1.73. The molecule has 0 N–H and O–H groups in total. The smallest absolute Gasteiger partial charge is 0.206 e. The van der Waals surface area contributed by atoms with Gasteiger partial charge in [-0.2, -0.15) is 5.10 Å². The Kier molecular flexibility index (Phi) is 4.75. The van der Waals surface area contributed by atoms with Gasteiger partial charge in [-0.15, -0.1) is 11.3 Å². The molecule has 1 unspecified atom stereocenters. The van der Waals surface area contributed by atoms with E-state index >= 15 is 0 Å². The summed E-state index contributed by atoms with van der Waals surface area (Å²) in [5.41, 5.74) is 4.52. The van der Waals surface area contributed by atoms with Crippen LogP contribution >= 0.6 is 43.2 Å². The second kappa shape index (κ2) is 7.02. The van der Waals surface area contributed by atoms with E-state index in [0.717, 1.165) is 37.5 Å². The molecule has 0 radical (unpaired) electrons. The highest BCUT2D eigenvalue weighted by Gasteiger charge is 2.31. The van der Waals surface area contributed by atoms with Crippen LogP contribution in [0.4, 0.5) is 5.13 Å². The van der Waals surface area contributed by atoms with Crippen LogP contribution in [0.1, 0.15) is 29.3 Å². The van der Waals surface area contributed by atoms with Crippen LogP contribution < -0.4 is 5.01 Å². The summed E-state index contributed by atoms with van der Waals surface area (Å²) in [7, 11) is 0. The lowest BCUT2D eigenvalue weighted by atomic mass is 9.99. The molecule has 0 bridgehead atoms. The topological polar surface area (TPSA) is 28.5 Å². The molecule has 6 heteroatoms. The highest BCUT2D eigenvalue weighted by molar-refractivity contribution is 9.10. The van der Waals surface area contributed by atoms with Crippen LogP contribution in [0.2, 0.25) is 0 Å². The summed E-state index contributed by atoms with van der Waals surface area (Å²) in [6.45, 7) is 2.02. The standard InChI is InChI=1S/C19H15Br2N3S/c1-12-11-25-19(22-12)24-18(14-4-8-16(21)9-5-14)10-17(23-24)13-2-6-15(20)7-3-13/h2-9,11,18H,10H2,1H3. The van der Waals surface area contributed by atoms with Gasteiger partial charge in [0.25, 0.3) is 0 Å². The van der Waals surface area contributed by atoms with Gasteiger partial charge in [-0.1, -0.05) is 56.1 Å². The number of anilines is 1. The van der Waals surface area contributed by atoms with Gasteiger partial charge in [0.2, 0.25) is 5.13 Å². The van der Waals surface area contributed by atoms with Crippen molar-refractivity contribution >= 4 is 54.0 Å². The average molecular weight is 477 g/mol. The molecule has 1 atom stereocenters. The van der Waals surface area contributed by atoms with E-state index in [-0.39, 0.29) is 6.04 Å². The van der Waals surface area contributed by atoms with Crippen LogP contribution in [-0.4, -0.2) is 10.7 Å². The minimum Gasteiger partial charge on any atom is -0.231 e. The van der Waals surface area contributed by atoms with E-state index < -0.39 is 0 Å². The number of halogens is 2. The molecule has 3 nitrogen and oxygen atoms in total. The Morgan fingerprint density at radius 2 is 1.64 bits per heavy atom. The molecule has 1 aliphatic heterocycles. The first-order valence-corrected chi connectivity index (χ1v) is 10.4. The molecule has 0 spiro atoms. The van der Waals surface area contributed by atoms with E-state index in [4.69, 9.17) is 5.10 Å². The number of hydrazone groups is 1. The SMILES string of the molecule is Cc1csc(N2N=C(c3ccc(Br)cc3)CC2c2ccc(Br)cc2)n1. The van der Waals surface area contributed by atoms with Crippen molar-refractivity contribution in [2.45, 2.75) is 19.4 Å². The predicted molar refractivity (Wildman–Crippen MR) is 112 cm³/mol. The highest BCUT2D eigenvalue weighted by Crippen LogP contribution is 2.38. The van der Waals surface area contributed by atoms with Crippen LogP contribution in [0, 0.1) is 6.92 Å². The fourth-order valence-corrected chi connectivity index (χ4v) is 4.22. The molecule has 126 valence electrons. The van der Waals surface area contributed by atoms with Crippen LogP contribution in [0.5, 0.6) is 0 Å². The number of hydrogen-bond acceptors (Lipinski definition) is 4. The van der Waals surface area contributed by atoms with Gasteiger partial charge < -0.3 is 0 Å². The molecule has 0 saturated heterocycles. The van der Waals surface area contributed by atoms with Crippen molar-refractivity contribution in [3.05, 3.63) is 79.7 Å². The zero-order valence-corrected chi connectivity index (χ0v) is 17.5. The van der Waals surface area contributed by atoms with Gasteiger partial charge in [-0.3, -0.25) is 0 Å². The lowest BCUT2D eigenvalue weighted by Crippen LogP contribution is -2.18. The van der Waals surface area contributed by atoms with Crippen molar-refractivity contribution in [1.29, 1.82) is 0 Å². The summed E-state index contributed by atoms with van der Waals surface area (Å²) in [5, 5.41) is 10.0. The fraction of sp³-hybridized carbons (Fsp3) is 0.158. The van der Waals surface area contributed by atoms with Crippen molar-refractivity contribution in [1.82, 2.24) is 4.98 Å². The van der Waals surface area contributed by atoms with Crippen molar-refractivity contribution in [2.24, 2.45) is 5.10 Å². The molecule has 1 aliphatic rings. The van der Waals surface area contributed by atoms with E-state index in [9.17, 15) is 0 Å². The van der Waals surface area contributed by atoms with E-state index in [2.05, 4.69) is 95.8 Å². The zero-order valence-electron chi connectivity index (χ0n) is 13.5. The first kappa shape index (κ1) is 16.9. The Bertz CT molecular complexity index is 917. The van der Waals surface area contributed by atoms with Gasteiger partial charge in [0.15, 0.2) is 0 Å². The zero-order chi connectivity index (χ0) is 17.4. The summed E-state index contributed by atoms with van der Waals surface area (Å²) >= 11 is 8.65. The molecular weight excluding hydrogens is 462 g/mol. The van der Waals surface area contributed by atoms with Crippen LogP contribution in [0.3, 0.4) is 0 Å². The quantitative estimate of drug-likeness (QED) is 0.441. The fourth-order valence-electron chi connectivity index (χ4n) is 2.89. The normalized spacial score (nSPS) is 17.0. The molecule has 0 saturated carbocycles. The second-order valence-electron chi connectivity index (χ2n) is 5.94. The lowest BCUT2D eigenvalue weighted by molar-refractivity contribution is 0.705. The molecular formula is C19H15Br2N3S. The van der Waals surface area contributed by atoms with Gasteiger partial charge in [0.05, 0.1) is 17.4 Å². The maximum absolute atomic E-state index is 4.92. The van der Waals surface area contributed by atoms with Crippen LogP contribution in [0.15, 0.2) is 68.0 Å². The second-order valence-corrected chi connectivity index (χ2v) is 8.61. The van der Waals surface area contributed by atoms with Gasteiger partial charge >= 0.3 is 0 Å². The molecule has 1 aromatic heterocycles. The molecule has 0 fully saturated rings. The number of aromatic nitrogens is 1. The molecule has 2 aromatic carbocycles. The molecule has 0 aliphatic carbocycles. The number of nitrogens with zero attached hydrogens (tertiary/aromatic N) is 3. The molecule has 4 rings (SSSR count). The first-order chi connectivity index (χ1) is 12.1. The summed E-state index contributed by atoms with van der Waals surface area (Å²) in [5.74, 6) is 0. The van der Waals surface area contributed by atoms with Crippen molar-refractivity contribution in [3.63, 3.8) is 0 Å². The van der Waals surface area contributed by atoms with Gasteiger partial charge in [-0.05, 0) is 42.3 Å². The number of benzene rings is 2. The Morgan fingerprint density at radius 1 is 1.00 bits per heavy atom. The third-order valence-electron chi connectivity index (χ3n) is 4.15. The van der Waals surface area contributed by atoms with E-state index in [1.54, 1.807) is 11.3 Å². The summed E-state index contributed by atoms with van der Waals surface area (Å²) in [4.78, 5) is 4.65. The molecule has 25 heavy (non-hydrogen) atoms. The minimum atomic E-state index is 0.164. The van der Waals surface area contributed by atoms with E-state index in [1.807, 2.05) is 6.92 Å². The van der Waals surface area contributed by atoms with E-state index in [1.165, 1.54) is 5.56 Å². The average Bonchev–Trinajstić information content (AvgIpc) is 3.23. The monoisotopic (exact) mass is 475 g/mol. The Morgan fingerprint density at radius 3 is 2.24 bits per heavy atom. The van der Waals surface area contributed by atoms with Gasteiger partial charge in [0.1, 0.15) is 0 Å². The van der Waals surface area contributed by atoms with E-state index in [0.29, 0.717) is 0 Å². The Labute approximate surface area is 167 Å². The minimum absolute atomic E-state index is 0.164. The van der Waals surface area contributed by atoms with Crippen molar-refractivity contribution in [3.8, 4) is 0 Å². The third kappa shape index (κ3) is 3.57. The summed E-state index contributed by atoms with van der Waals surface area (Å²) < 4.78 is 2.16. The maximum Gasteiger partial charge on any atom is 0.206 e. The lowest BCUT2D eigenvalue weighted by Gasteiger charge is -2.21. The van der Waals surface area contributed by atoms with Gasteiger partial charge in [-0.25, -0.2) is 9.99 Å². The number of hydrogen-bond donors (Lipinski definition) is 0. The van der Waals surface area contributed by atoms with Crippen LogP contribution in [0.25, 0.3) is 0 Å². The largest absolute Gasteiger partial charge is 0.231 e. The third-order valence-corrected chi connectivity index (χ3v) is 6.15. The van der Waals surface area contributed by atoms with Crippen molar-refractivity contribution in [2.75, 3.05) is 5.01 Å². The highest BCUT2D eigenvalue weighted by atomic mass is 79.9. The summed E-state index contributed by atoms with van der Waals surface area (Å²) in [6, 6.07) is 17.0. The van der Waals surface area contributed by atoms with Gasteiger partial charge in [0, 0.05) is 20.7 Å². The molecule has 0 amide bonds.